The molecule has 2 heterocycles. The summed E-state index contributed by atoms with van der Waals surface area (Å²) in [6.45, 7) is 4.49. The Morgan fingerprint density at radius 3 is 1.84 bits per heavy atom. The minimum atomic E-state index is 0.493. The molecule has 0 aliphatic rings. The molecule has 0 N–H and O–H groups in total. The van der Waals surface area contributed by atoms with Crippen molar-refractivity contribution in [3.8, 4) is 51.8 Å². The number of aliphatic imine (C=N–C) groups is 1. The van der Waals surface area contributed by atoms with Gasteiger partial charge < -0.3 is 9.13 Å². The van der Waals surface area contributed by atoms with Crippen molar-refractivity contribution in [3.63, 3.8) is 0 Å². The lowest BCUT2D eigenvalue weighted by molar-refractivity contribution is 0.989. The van der Waals surface area contributed by atoms with Gasteiger partial charge in [-0.3, -0.25) is 4.99 Å². The van der Waals surface area contributed by atoms with E-state index < -0.39 is 0 Å². The second-order valence-corrected chi connectivity index (χ2v) is 12.4. The van der Waals surface area contributed by atoms with Gasteiger partial charge in [0, 0.05) is 38.7 Å². The van der Waals surface area contributed by atoms with Crippen LogP contribution in [0.1, 0.15) is 34.9 Å². The Labute approximate surface area is 295 Å². The first-order valence-corrected chi connectivity index (χ1v) is 16.7. The lowest BCUT2D eigenvalue weighted by atomic mass is 9.93. The number of nitriles is 3. The highest BCUT2D eigenvalue weighted by Crippen LogP contribution is 2.39. The SMILES string of the molecule is C/C=N/Cc1c(C)n(-c2c(C#N)ccc(C#N)c2-c2ccc(-c3ccc(-n4c5ccccc5c5cc(C#N)ccc54)cc3)cc2)c2ccccc12. The van der Waals surface area contributed by atoms with Crippen LogP contribution in [0.3, 0.4) is 0 Å². The van der Waals surface area contributed by atoms with E-state index >= 15 is 0 Å². The molecule has 6 aromatic carbocycles. The van der Waals surface area contributed by atoms with Crippen molar-refractivity contribution in [2.24, 2.45) is 4.99 Å². The normalized spacial score (nSPS) is 11.3. The smallest absolute Gasteiger partial charge is 0.101 e. The molecule has 0 atom stereocenters. The number of rotatable bonds is 6. The Kier molecular flexibility index (Phi) is 7.73. The van der Waals surface area contributed by atoms with Crippen LogP contribution in [0, 0.1) is 40.9 Å². The average Bonchev–Trinajstić information content (AvgIpc) is 3.66. The minimum absolute atomic E-state index is 0.493. The van der Waals surface area contributed by atoms with Gasteiger partial charge in [-0.2, -0.15) is 15.8 Å². The summed E-state index contributed by atoms with van der Waals surface area (Å²) in [6.07, 6.45) is 1.81. The Balaban J connectivity index is 1.22. The van der Waals surface area contributed by atoms with Crippen molar-refractivity contribution in [2.45, 2.75) is 20.4 Å². The molecule has 0 aliphatic carbocycles. The Bertz CT molecular complexity index is 2810. The molecule has 0 bridgehead atoms. The fourth-order valence-electron chi connectivity index (χ4n) is 7.36. The minimum Gasteiger partial charge on any atom is -0.312 e. The number of nitrogens with zero attached hydrogens (tertiary/aromatic N) is 6. The highest BCUT2D eigenvalue weighted by Gasteiger charge is 2.23. The summed E-state index contributed by atoms with van der Waals surface area (Å²) in [4.78, 5) is 4.54. The van der Waals surface area contributed by atoms with Crippen LogP contribution in [0.4, 0.5) is 0 Å². The molecule has 0 aliphatic heterocycles. The van der Waals surface area contributed by atoms with Gasteiger partial charge in [0.05, 0.1) is 57.6 Å². The molecule has 0 amide bonds. The summed E-state index contributed by atoms with van der Waals surface area (Å²) in [5, 5.41) is 33.4. The molecule has 0 saturated carbocycles. The second-order valence-electron chi connectivity index (χ2n) is 12.4. The first-order chi connectivity index (χ1) is 25.1. The van der Waals surface area contributed by atoms with E-state index in [0.717, 1.165) is 71.9 Å². The van der Waals surface area contributed by atoms with E-state index in [0.29, 0.717) is 28.9 Å². The molecule has 6 heteroatoms. The molecule has 0 unspecified atom stereocenters. The second kappa shape index (κ2) is 12.7. The standard InChI is InChI=1S/C45H30N6/c1-3-49-28-40-29(2)50(41-10-6-5-9-38(40)41)45-35(27-48)18-17-34(26-47)44(45)33-15-13-31(14-16-33)32-19-21-36(22-20-32)51-42-11-7-4-8-37(42)39-24-30(25-46)12-23-43(39)51/h3-24H,28H2,1-2H3/b49-3+. The van der Waals surface area contributed by atoms with Crippen molar-refractivity contribution in [2.75, 3.05) is 0 Å². The Hall–Kier alpha value is -7.20. The van der Waals surface area contributed by atoms with Gasteiger partial charge in [-0.05, 0) is 91.3 Å². The van der Waals surface area contributed by atoms with Crippen molar-refractivity contribution in [3.05, 3.63) is 155 Å². The molecule has 0 saturated heterocycles. The number of fused-ring (bicyclic) bond motifs is 4. The first kappa shape index (κ1) is 31.1. The molecule has 6 nitrogen and oxygen atoms in total. The maximum absolute atomic E-state index is 10.4. The van der Waals surface area contributed by atoms with Crippen molar-refractivity contribution < 1.29 is 0 Å². The maximum atomic E-state index is 10.4. The van der Waals surface area contributed by atoms with Gasteiger partial charge >= 0.3 is 0 Å². The zero-order valence-corrected chi connectivity index (χ0v) is 28.1. The quantitative estimate of drug-likeness (QED) is 0.167. The number of hydrogen-bond acceptors (Lipinski definition) is 4. The number of aromatic nitrogens is 2. The molecule has 8 rings (SSSR count). The van der Waals surface area contributed by atoms with E-state index in [2.05, 4.69) is 99.9 Å². The van der Waals surface area contributed by atoms with Crippen LogP contribution in [0.15, 0.2) is 132 Å². The third-order valence-electron chi connectivity index (χ3n) is 9.75. The van der Waals surface area contributed by atoms with Gasteiger partial charge in [0.25, 0.3) is 0 Å². The molecular formula is C45H30N6. The summed E-state index contributed by atoms with van der Waals surface area (Å²) in [5.74, 6) is 0. The van der Waals surface area contributed by atoms with Gasteiger partial charge in [-0.15, -0.1) is 0 Å². The van der Waals surface area contributed by atoms with Crippen LogP contribution in [0.2, 0.25) is 0 Å². The molecular weight excluding hydrogens is 625 g/mol. The molecule has 0 fully saturated rings. The lowest BCUT2D eigenvalue weighted by Gasteiger charge is -2.18. The highest BCUT2D eigenvalue weighted by molar-refractivity contribution is 6.09. The number of para-hydroxylation sites is 2. The van der Waals surface area contributed by atoms with Crippen molar-refractivity contribution in [1.29, 1.82) is 15.8 Å². The first-order valence-electron chi connectivity index (χ1n) is 16.7. The summed E-state index contributed by atoms with van der Waals surface area (Å²) < 4.78 is 4.35. The molecule has 8 aromatic rings. The van der Waals surface area contributed by atoms with Gasteiger partial charge in [0.1, 0.15) is 6.07 Å². The van der Waals surface area contributed by atoms with Gasteiger partial charge in [0.15, 0.2) is 0 Å². The summed E-state index contributed by atoms with van der Waals surface area (Å²) >= 11 is 0. The van der Waals surface area contributed by atoms with Gasteiger partial charge in [-0.25, -0.2) is 0 Å². The van der Waals surface area contributed by atoms with Crippen LogP contribution < -0.4 is 0 Å². The molecule has 0 radical (unpaired) electrons. The monoisotopic (exact) mass is 654 g/mol. The third-order valence-corrected chi connectivity index (χ3v) is 9.75. The van der Waals surface area contributed by atoms with Crippen LogP contribution in [-0.4, -0.2) is 15.3 Å². The van der Waals surface area contributed by atoms with E-state index in [1.54, 1.807) is 18.3 Å². The molecule has 0 spiro atoms. The van der Waals surface area contributed by atoms with E-state index in [-0.39, 0.29) is 0 Å². The summed E-state index contributed by atoms with van der Waals surface area (Å²) in [7, 11) is 0. The highest BCUT2D eigenvalue weighted by atomic mass is 15.0. The average molecular weight is 655 g/mol. The fraction of sp³-hybridized carbons (Fsp3) is 0.0667. The molecule has 240 valence electrons. The van der Waals surface area contributed by atoms with Crippen molar-refractivity contribution >= 4 is 38.9 Å². The lowest BCUT2D eigenvalue weighted by Crippen LogP contribution is -2.05. The molecule has 2 aromatic heterocycles. The summed E-state index contributed by atoms with van der Waals surface area (Å²) in [6, 6.07) is 49.5. The largest absolute Gasteiger partial charge is 0.312 e. The Morgan fingerprint density at radius 1 is 0.588 bits per heavy atom. The third kappa shape index (κ3) is 5.05. The Morgan fingerprint density at radius 2 is 1.18 bits per heavy atom. The van der Waals surface area contributed by atoms with Crippen LogP contribution >= 0.6 is 0 Å². The predicted molar refractivity (Wildman–Crippen MR) is 205 cm³/mol. The summed E-state index contributed by atoms with van der Waals surface area (Å²) in [5.41, 5.74) is 12.2. The van der Waals surface area contributed by atoms with Crippen LogP contribution in [-0.2, 0) is 6.54 Å². The fourth-order valence-corrected chi connectivity index (χ4v) is 7.36. The zero-order valence-electron chi connectivity index (χ0n) is 28.1. The van der Waals surface area contributed by atoms with E-state index in [1.165, 1.54) is 0 Å². The number of hydrogen-bond donors (Lipinski definition) is 0. The van der Waals surface area contributed by atoms with Gasteiger partial charge in [-0.1, -0.05) is 72.8 Å². The topological polar surface area (TPSA) is 93.6 Å². The molecule has 51 heavy (non-hydrogen) atoms. The maximum Gasteiger partial charge on any atom is 0.101 e. The van der Waals surface area contributed by atoms with E-state index in [4.69, 9.17) is 0 Å². The van der Waals surface area contributed by atoms with E-state index in [1.807, 2.05) is 61.5 Å². The number of benzene rings is 6. The van der Waals surface area contributed by atoms with Crippen LogP contribution in [0.5, 0.6) is 0 Å². The van der Waals surface area contributed by atoms with Crippen LogP contribution in [0.25, 0.3) is 66.3 Å². The predicted octanol–water partition coefficient (Wildman–Crippen LogP) is 10.6. The van der Waals surface area contributed by atoms with Crippen molar-refractivity contribution in [1.82, 2.24) is 9.13 Å². The van der Waals surface area contributed by atoms with E-state index in [9.17, 15) is 15.8 Å². The zero-order chi connectivity index (χ0) is 35.1. The van der Waals surface area contributed by atoms with Gasteiger partial charge in [0.2, 0.25) is 0 Å².